The van der Waals surface area contributed by atoms with Crippen molar-refractivity contribution in [3.63, 3.8) is 0 Å². The van der Waals surface area contributed by atoms with E-state index in [1.165, 1.54) is 29.8 Å². The van der Waals surface area contributed by atoms with Crippen LogP contribution in [0.15, 0.2) is 60.8 Å². The van der Waals surface area contributed by atoms with Gasteiger partial charge in [0, 0.05) is 11.6 Å². The van der Waals surface area contributed by atoms with Crippen LogP contribution in [0.1, 0.15) is 21.5 Å². The molecule has 0 saturated carbocycles. The van der Waals surface area contributed by atoms with Gasteiger partial charge in [0.25, 0.3) is 5.91 Å². The van der Waals surface area contributed by atoms with Gasteiger partial charge in [-0.2, -0.15) is 13.9 Å². The Balaban J connectivity index is 1.68. The number of hydrogen-bond donors (Lipinski definition) is 1. The van der Waals surface area contributed by atoms with Crippen molar-refractivity contribution >= 4 is 11.7 Å². The third kappa shape index (κ3) is 4.44. The molecule has 0 saturated heterocycles. The molecule has 0 unspecified atom stereocenters. The second-order valence-corrected chi connectivity index (χ2v) is 5.72. The lowest BCUT2D eigenvalue weighted by Crippen LogP contribution is -2.16. The van der Waals surface area contributed by atoms with Crippen LogP contribution in [0.5, 0.6) is 5.75 Å². The number of aromatic nitrogens is 2. The predicted molar refractivity (Wildman–Crippen MR) is 93.5 cm³/mol. The number of anilines is 1. The van der Waals surface area contributed by atoms with E-state index in [0.29, 0.717) is 17.9 Å². The topological polar surface area (TPSA) is 56.2 Å². The summed E-state index contributed by atoms with van der Waals surface area (Å²) in [5.41, 5.74) is 2.56. The minimum absolute atomic E-state index is 0.000892. The predicted octanol–water partition coefficient (Wildman–Crippen LogP) is 4.09. The van der Waals surface area contributed by atoms with Crippen LogP contribution in [-0.4, -0.2) is 22.3 Å². The van der Waals surface area contributed by atoms with Crippen LogP contribution in [-0.2, 0) is 6.54 Å². The van der Waals surface area contributed by atoms with Gasteiger partial charge in [-0.1, -0.05) is 29.8 Å². The minimum atomic E-state index is -2.90. The number of rotatable bonds is 6. The molecule has 1 heterocycles. The number of hydrogen-bond acceptors (Lipinski definition) is 3. The highest BCUT2D eigenvalue weighted by atomic mass is 19.3. The molecule has 0 atom stereocenters. The molecule has 134 valence electrons. The van der Waals surface area contributed by atoms with E-state index in [0.717, 1.165) is 5.56 Å². The first-order valence-corrected chi connectivity index (χ1v) is 7.95. The maximum Gasteiger partial charge on any atom is 0.387 e. The minimum Gasteiger partial charge on any atom is -0.435 e. The Hall–Kier alpha value is -3.22. The number of aryl methyl sites for hydroxylation is 1. The van der Waals surface area contributed by atoms with Gasteiger partial charge in [0.1, 0.15) is 11.6 Å². The molecule has 1 amide bonds. The Morgan fingerprint density at radius 2 is 1.81 bits per heavy atom. The van der Waals surface area contributed by atoms with Gasteiger partial charge in [-0.05, 0) is 36.8 Å². The second-order valence-electron chi connectivity index (χ2n) is 5.72. The zero-order chi connectivity index (χ0) is 18.5. The van der Waals surface area contributed by atoms with Crippen LogP contribution in [0.2, 0.25) is 0 Å². The summed E-state index contributed by atoms with van der Waals surface area (Å²) < 4.78 is 30.3. The molecule has 0 bridgehead atoms. The van der Waals surface area contributed by atoms with Crippen molar-refractivity contribution in [1.82, 2.24) is 9.78 Å². The normalized spacial score (nSPS) is 10.8. The number of carbonyl (C=O) groups excluding carboxylic acids is 1. The molecule has 3 rings (SSSR count). The molecule has 0 aliphatic rings. The van der Waals surface area contributed by atoms with Crippen molar-refractivity contribution < 1.29 is 18.3 Å². The molecule has 0 radical (unpaired) electrons. The largest absolute Gasteiger partial charge is 0.435 e. The molecule has 26 heavy (non-hydrogen) atoms. The summed E-state index contributed by atoms with van der Waals surface area (Å²) in [5, 5.41) is 7.00. The van der Waals surface area contributed by atoms with Crippen molar-refractivity contribution in [2.45, 2.75) is 20.1 Å². The van der Waals surface area contributed by atoms with Crippen LogP contribution in [0.4, 0.5) is 14.6 Å². The first-order chi connectivity index (χ1) is 12.5. The zero-order valence-electron chi connectivity index (χ0n) is 14.0. The maximum absolute atomic E-state index is 12.4. The van der Waals surface area contributed by atoms with Crippen LogP contribution in [0, 0.1) is 6.92 Å². The molecular weight excluding hydrogens is 340 g/mol. The summed E-state index contributed by atoms with van der Waals surface area (Å²) in [6, 6.07) is 15.2. The highest BCUT2D eigenvalue weighted by Crippen LogP contribution is 2.17. The Labute approximate surface area is 149 Å². The molecule has 0 aliphatic heterocycles. The summed E-state index contributed by atoms with van der Waals surface area (Å²) in [4.78, 5) is 12.4. The zero-order valence-corrected chi connectivity index (χ0v) is 14.0. The van der Waals surface area contributed by atoms with Gasteiger partial charge in [-0.3, -0.25) is 4.79 Å². The Morgan fingerprint density at radius 3 is 2.46 bits per heavy atom. The van der Waals surface area contributed by atoms with Crippen LogP contribution in [0.3, 0.4) is 0 Å². The standard InChI is InChI=1S/C19H17F2N3O2/c1-13-2-4-14(5-3-13)12-24-17(10-11-22-24)23-18(25)15-6-8-16(9-7-15)26-19(20)21/h2-11,19H,12H2,1H3,(H,23,25). The number of ether oxygens (including phenoxy) is 1. The summed E-state index contributed by atoms with van der Waals surface area (Å²) in [5.74, 6) is 0.184. The van der Waals surface area contributed by atoms with Gasteiger partial charge in [0.2, 0.25) is 0 Å². The average Bonchev–Trinajstić information content (AvgIpc) is 3.04. The number of amides is 1. The molecule has 1 aromatic heterocycles. The lowest BCUT2D eigenvalue weighted by molar-refractivity contribution is -0.0498. The molecule has 7 heteroatoms. The van der Waals surface area contributed by atoms with E-state index in [1.54, 1.807) is 16.9 Å². The number of alkyl halides is 2. The van der Waals surface area contributed by atoms with E-state index in [4.69, 9.17) is 0 Å². The van der Waals surface area contributed by atoms with Crippen molar-refractivity contribution in [3.8, 4) is 5.75 Å². The molecule has 0 spiro atoms. The van der Waals surface area contributed by atoms with Gasteiger partial charge in [0.05, 0.1) is 12.7 Å². The van der Waals surface area contributed by atoms with E-state index in [1.807, 2.05) is 31.2 Å². The SMILES string of the molecule is Cc1ccc(Cn2nccc2NC(=O)c2ccc(OC(F)F)cc2)cc1. The maximum atomic E-state index is 12.4. The van der Waals surface area contributed by atoms with Crippen molar-refractivity contribution in [3.05, 3.63) is 77.5 Å². The van der Waals surface area contributed by atoms with E-state index in [-0.39, 0.29) is 11.7 Å². The van der Waals surface area contributed by atoms with Crippen LogP contribution < -0.4 is 10.1 Å². The second kappa shape index (κ2) is 7.77. The monoisotopic (exact) mass is 357 g/mol. The van der Waals surface area contributed by atoms with E-state index >= 15 is 0 Å². The Bertz CT molecular complexity index is 875. The fourth-order valence-electron chi connectivity index (χ4n) is 2.41. The lowest BCUT2D eigenvalue weighted by atomic mass is 10.1. The first-order valence-electron chi connectivity index (χ1n) is 7.95. The van der Waals surface area contributed by atoms with Gasteiger partial charge < -0.3 is 10.1 Å². The van der Waals surface area contributed by atoms with Crippen molar-refractivity contribution in [1.29, 1.82) is 0 Å². The van der Waals surface area contributed by atoms with Crippen LogP contribution in [0.25, 0.3) is 0 Å². The lowest BCUT2D eigenvalue weighted by Gasteiger charge is -2.10. The molecular formula is C19H17F2N3O2. The van der Waals surface area contributed by atoms with Gasteiger partial charge >= 0.3 is 6.61 Å². The molecule has 2 aromatic carbocycles. The van der Waals surface area contributed by atoms with E-state index < -0.39 is 6.61 Å². The highest BCUT2D eigenvalue weighted by Gasteiger charge is 2.11. The smallest absolute Gasteiger partial charge is 0.387 e. The van der Waals surface area contributed by atoms with Gasteiger partial charge in [0.15, 0.2) is 0 Å². The Morgan fingerprint density at radius 1 is 1.12 bits per heavy atom. The molecule has 1 N–H and O–H groups in total. The average molecular weight is 357 g/mol. The number of halogens is 2. The first kappa shape index (κ1) is 17.6. The van der Waals surface area contributed by atoms with Gasteiger partial charge in [-0.15, -0.1) is 0 Å². The van der Waals surface area contributed by atoms with E-state index in [9.17, 15) is 13.6 Å². The number of nitrogens with one attached hydrogen (secondary N) is 1. The molecule has 0 aliphatic carbocycles. The number of carbonyl (C=O) groups is 1. The van der Waals surface area contributed by atoms with Crippen molar-refractivity contribution in [2.75, 3.05) is 5.32 Å². The fourth-order valence-corrected chi connectivity index (χ4v) is 2.41. The Kier molecular flexibility index (Phi) is 5.26. The van der Waals surface area contributed by atoms with Crippen LogP contribution >= 0.6 is 0 Å². The number of nitrogens with zero attached hydrogens (tertiary/aromatic N) is 2. The third-order valence-corrected chi connectivity index (χ3v) is 3.75. The summed E-state index contributed by atoms with van der Waals surface area (Å²) >= 11 is 0. The molecule has 3 aromatic rings. The van der Waals surface area contributed by atoms with Gasteiger partial charge in [-0.25, -0.2) is 4.68 Å². The fraction of sp³-hybridized carbons (Fsp3) is 0.158. The summed E-state index contributed by atoms with van der Waals surface area (Å²) in [7, 11) is 0. The van der Waals surface area contributed by atoms with Crippen molar-refractivity contribution in [2.24, 2.45) is 0 Å². The summed E-state index contributed by atoms with van der Waals surface area (Å²) in [6.45, 7) is -0.365. The molecule has 5 nitrogen and oxygen atoms in total. The quantitative estimate of drug-likeness (QED) is 0.723. The molecule has 0 fully saturated rings. The highest BCUT2D eigenvalue weighted by molar-refractivity contribution is 6.03. The third-order valence-electron chi connectivity index (χ3n) is 3.75. The summed E-state index contributed by atoms with van der Waals surface area (Å²) in [6.07, 6.45) is 1.60. The van der Waals surface area contributed by atoms with E-state index in [2.05, 4.69) is 15.2 Å². The number of benzene rings is 2.